The molecule has 0 aliphatic rings. The fourth-order valence-corrected chi connectivity index (χ4v) is 3.06. The van der Waals surface area contributed by atoms with E-state index in [2.05, 4.69) is 5.32 Å². The third-order valence-corrected chi connectivity index (χ3v) is 4.55. The van der Waals surface area contributed by atoms with Gasteiger partial charge in [-0.15, -0.1) is 0 Å². The van der Waals surface area contributed by atoms with Crippen LogP contribution in [0.25, 0.3) is 0 Å². The summed E-state index contributed by atoms with van der Waals surface area (Å²) in [5.41, 5.74) is 12.2. The van der Waals surface area contributed by atoms with Crippen molar-refractivity contribution in [2.24, 2.45) is 11.5 Å². The van der Waals surface area contributed by atoms with Crippen molar-refractivity contribution in [1.82, 2.24) is 5.32 Å². The maximum Gasteiger partial charge on any atom is 0.329 e. The molecule has 10 heteroatoms. The Morgan fingerprint density at radius 3 is 2.19 bits per heavy atom. The number of benzene rings is 1. The molecule has 1 amide bonds. The van der Waals surface area contributed by atoms with E-state index in [0.717, 1.165) is 6.42 Å². The van der Waals surface area contributed by atoms with E-state index in [9.17, 15) is 19.3 Å². The number of nitrogens with two attached hydrogens (primary N) is 2. The van der Waals surface area contributed by atoms with E-state index in [1.807, 2.05) is 0 Å². The van der Waals surface area contributed by atoms with E-state index in [-0.39, 0.29) is 12.6 Å². The van der Waals surface area contributed by atoms with Crippen LogP contribution in [0.1, 0.15) is 30.4 Å². The van der Waals surface area contributed by atoms with Crippen molar-refractivity contribution in [1.29, 1.82) is 0 Å². The van der Waals surface area contributed by atoms with Crippen molar-refractivity contribution in [2.45, 2.75) is 43.9 Å². The minimum absolute atomic E-state index is 0.0345. The van der Waals surface area contributed by atoms with Gasteiger partial charge < -0.3 is 31.7 Å². The molecule has 26 heavy (non-hydrogen) atoms. The van der Waals surface area contributed by atoms with Gasteiger partial charge in [-0.05, 0) is 30.5 Å². The lowest BCUT2D eigenvalue weighted by molar-refractivity contribution is -0.142. The predicted molar refractivity (Wildman–Crippen MR) is 96.3 cm³/mol. The fraction of sp³-hybridized carbons (Fsp3) is 0.500. The van der Waals surface area contributed by atoms with Crippen LogP contribution in [-0.4, -0.2) is 45.4 Å². The maximum absolute atomic E-state index is 12.0. The summed E-state index contributed by atoms with van der Waals surface area (Å²) in [7, 11) is -4.16. The van der Waals surface area contributed by atoms with Crippen LogP contribution >= 0.6 is 7.60 Å². The van der Waals surface area contributed by atoms with Gasteiger partial charge in [0.05, 0.1) is 12.2 Å². The number of carbonyl (C=O) groups excluding carboxylic acids is 1. The highest BCUT2D eigenvalue weighted by atomic mass is 31.2. The van der Waals surface area contributed by atoms with Crippen LogP contribution in [0.4, 0.5) is 0 Å². The molecule has 2 atom stereocenters. The van der Waals surface area contributed by atoms with Gasteiger partial charge in [-0.2, -0.15) is 0 Å². The number of hydrogen-bond donors (Lipinski definition) is 6. The molecule has 2 unspecified atom stereocenters. The van der Waals surface area contributed by atoms with Gasteiger partial charge in [-0.25, -0.2) is 4.79 Å². The zero-order valence-corrected chi connectivity index (χ0v) is 15.3. The first kappa shape index (κ1) is 22.3. The third kappa shape index (κ3) is 8.55. The molecule has 0 saturated heterocycles. The number of amides is 1. The molecule has 0 saturated carbocycles. The lowest BCUT2D eigenvalue weighted by atomic mass is 10.0. The van der Waals surface area contributed by atoms with Gasteiger partial charge in [0.25, 0.3) is 0 Å². The molecule has 0 spiro atoms. The van der Waals surface area contributed by atoms with E-state index in [0.29, 0.717) is 30.5 Å². The number of rotatable bonds is 11. The SMILES string of the molecule is NCCCCC(N)C(=O)NC(Cc1ccc(CP(=O)(O)O)cc1)C(=O)O. The normalized spacial score (nSPS) is 13.8. The molecule has 1 aromatic carbocycles. The monoisotopic (exact) mass is 387 g/mol. The number of unbranched alkanes of at least 4 members (excludes halogenated alkanes) is 1. The van der Waals surface area contributed by atoms with Crippen molar-refractivity contribution in [2.75, 3.05) is 6.54 Å². The van der Waals surface area contributed by atoms with Crippen LogP contribution in [0.15, 0.2) is 24.3 Å². The molecule has 0 bridgehead atoms. The van der Waals surface area contributed by atoms with Gasteiger partial charge in [0.15, 0.2) is 0 Å². The fourth-order valence-electron chi connectivity index (χ4n) is 2.37. The first-order chi connectivity index (χ1) is 12.1. The largest absolute Gasteiger partial charge is 0.480 e. The first-order valence-corrected chi connectivity index (χ1v) is 10.0. The molecule has 1 aromatic rings. The smallest absolute Gasteiger partial charge is 0.329 e. The topological polar surface area (TPSA) is 176 Å². The molecular weight excluding hydrogens is 361 g/mol. The van der Waals surface area contributed by atoms with Crippen molar-refractivity contribution in [3.63, 3.8) is 0 Å². The number of aliphatic carboxylic acids is 1. The molecule has 0 aliphatic heterocycles. The van der Waals surface area contributed by atoms with Gasteiger partial charge in [-0.3, -0.25) is 9.36 Å². The predicted octanol–water partition coefficient (Wildman–Crippen LogP) is -0.0675. The number of carboxylic acids is 1. The van der Waals surface area contributed by atoms with Crippen LogP contribution in [-0.2, 0) is 26.7 Å². The van der Waals surface area contributed by atoms with E-state index < -0.39 is 31.6 Å². The van der Waals surface area contributed by atoms with Crippen LogP contribution in [0.3, 0.4) is 0 Å². The molecule has 0 heterocycles. The zero-order chi connectivity index (χ0) is 19.7. The molecule has 0 radical (unpaired) electrons. The van der Waals surface area contributed by atoms with E-state index >= 15 is 0 Å². The molecular formula is C16H26N3O6P. The number of nitrogens with one attached hydrogen (secondary N) is 1. The Balaban J connectivity index is 2.66. The van der Waals surface area contributed by atoms with Gasteiger partial charge in [0.1, 0.15) is 6.04 Å². The summed E-state index contributed by atoms with van der Waals surface area (Å²) in [4.78, 5) is 41.3. The van der Waals surface area contributed by atoms with Crippen LogP contribution in [0, 0.1) is 0 Å². The molecule has 0 aromatic heterocycles. The minimum atomic E-state index is -4.16. The Bertz CT molecular complexity index is 646. The Morgan fingerprint density at radius 1 is 1.12 bits per heavy atom. The summed E-state index contributed by atoms with van der Waals surface area (Å²) in [5, 5.41) is 11.7. The molecule has 8 N–H and O–H groups in total. The Morgan fingerprint density at radius 2 is 1.69 bits per heavy atom. The van der Waals surface area contributed by atoms with Crippen molar-refractivity contribution >= 4 is 19.5 Å². The Hall–Kier alpha value is -1.77. The summed E-state index contributed by atoms with van der Waals surface area (Å²) >= 11 is 0. The second-order valence-electron chi connectivity index (χ2n) is 6.13. The lowest BCUT2D eigenvalue weighted by Crippen LogP contribution is -2.49. The molecule has 9 nitrogen and oxygen atoms in total. The second kappa shape index (κ2) is 10.4. The molecule has 0 fully saturated rings. The van der Waals surface area contributed by atoms with Crippen LogP contribution in [0.2, 0.25) is 0 Å². The van der Waals surface area contributed by atoms with E-state index in [1.165, 1.54) is 12.1 Å². The van der Waals surface area contributed by atoms with Gasteiger partial charge >= 0.3 is 13.6 Å². The standard InChI is InChI=1S/C16H26N3O6P/c17-8-2-1-3-13(18)15(20)19-14(16(21)22)9-11-4-6-12(7-5-11)10-26(23,24)25/h4-7,13-14H,1-3,8-10,17-18H2,(H,19,20)(H,21,22)(H2,23,24,25). The lowest BCUT2D eigenvalue weighted by Gasteiger charge is -2.18. The summed E-state index contributed by atoms with van der Waals surface area (Å²) in [6.07, 6.45) is 1.50. The average Bonchev–Trinajstić information content (AvgIpc) is 2.54. The second-order valence-corrected chi connectivity index (χ2v) is 7.78. The van der Waals surface area contributed by atoms with Crippen molar-refractivity contribution in [3.8, 4) is 0 Å². The highest BCUT2D eigenvalue weighted by Gasteiger charge is 2.23. The minimum Gasteiger partial charge on any atom is -0.480 e. The van der Waals surface area contributed by atoms with Gasteiger partial charge in [0.2, 0.25) is 5.91 Å². The number of carbonyl (C=O) groups is 2. The number of carboxylic acid groups (broad SMARTS) is 1. The Kier molecular flexibility index (Phi) is 8.91. The van der Waals surface area contributed by atoms with Crippen LogP contribution < -0.4 is 16.8 Å². The quantitative estimate of drug-likeness (QED) is 0.226. The maximum atomic E-state index is 12.0. The molecule has 146 valence electrons. The summed E-state index contributed by atoms with van der Waals surface area (Å²) < 4.78 is 11.0. The first-order valence-electron chi connectivity index (χ1n) is 8.23. The van der Waals surface area contributed by atoms with Crippen molar-refractivity contribution in [3.05, 3.63) is 35.4 Å². The zero-order valence-electron chi connectivity index (χ0n) is 14.4. The summed E-state index contributed by atoms with van der Waals surface area (Å²) in [6.45, 7) is 0.504. The van der Waals surface area contributed by atoms with E-state index in [4.69, 9.17) is 21.3 Å². The highest BCUT2D eigenvalue weighted by molar-refractivity contribution is 7.50. The van der Waals surface area contributed by atoms with Crippen LogP contribution in [0.5, 0.6) is 0 Å². The highest BCUT2D eigenvalue weighted by Crippen LogP contribution is 2.38. The summed E-state index contributed by atoms with van der Waals surface area (Å²) in [5.74, 6) is -1.72. The average molecular weight is 387 g/mol. The van der Waals surface area contributed by atoms with E-state index in [1.54, 1.807) is 12.1 Å². The Labute approximate surface area is 151 Å². The molecule has 1 rings (SSSR count). The van der Waals surface area contributed by atoms with Crippen molar-refractivity contribution < 1.29 is 29.0 Å². The number of hydrogen-bond acceptors (Lipinski definition) is 5. The third-order valence-electron chi connectivity index (χ3n) is 3.77. The molecule has 0 aliphatic carbocycles. The summed E-state index contributed by atoms with van der Waals surface area (Å²) in [6, 6.07) is 4.26. The van der Waals surface area contributed by atoms with Gasteiger partial charge in [-0.1, -0.05) is 30.7 Å². The van der Waals surface area contributed by atoms with Gasteiger partial charge in [0, 0.05) is 6.42 Å².